The highest BCUT2D eigenvalue weighted by Crippen LogP contribution is 2.50. The average molecular weight is 733 g/mol. The van der Waals surface area contributed by atoms with E-state index in [1.165, 1.54) is 24.3 Å². The van der Waals surface area contributed by atoms with E-state index >= 15 is 0 Å². The third kappa shape index (κ3) is 6.85. The van der Waals surface area contributed by atoms with Crippen LogP contribution in [0.2, 0.25) is 0 Å². The van der Waals surface area contributed by atoms with Gasteiger partial charge in [0, 0.05) is 24.0 Å². The van der Waals surface area contributed by atoms with Gasteiger partial charge in [-0.3, -0.25) is 17.2 Å². The van der Waals surface area contributed by atoms with Gasteiger partial charge >= 0.3 is 11.9 Å². The number of benzene rings is 4. The summed E-state index contributed by atoms with van der Waals surface area (Å²) in [6.07, 6.45) is -0.504. The van der Waals surface area contributed by atoms with Crippen LogP contribution in [0.4, 0.5) is 0 Å². The van der Waals surface area contributed by atoms with Crippen LogP contribution in [-0.4, -0.2) is 22.1 Å². The summed E-state index contributed by atoms with van der Waals surface area (Å²) in [6.45, 7) is 0. The molecule has 0 fully saturated rings. The van der Waals surface area contributed by atoms with Crippen molar-refractivity contribution in [1.82, 2.24) is 0 Å². The molecule has 4 aromatic carbocycles. The Morgan fingerprint density at radius 1 is 0.467 bits per heavy atom. The molecule has 4 unspecified atom stereocenters. The maximum atomic E-state index is 14.4. The van der Waals surface area contributed by atoms with Gasteiger partial charge in [-0.2, -0.15) is 0 Å². The first-order valence-electron chi connectivity index (χ1n) is 13.2. The first-order chi connectivity index (χ1) is 21.7. The van der Waals surface area contributed by atoms with Crippen LogP contribution < -0.4 is 0 Å². The normalized spacial score (nSPS) is 16.8. The average Bonchev–Trinajstić information content (AvgIpc) is 3.07. The summed E-state index contributed by atoms with van der Waals surface area (Å²) >= 11 is 38.1. The third-order valence-corrected chi connectivity index (χ3v) is 9.30. The van der Waals surface area contributed by atoms with Crippen LogP contribution in [0.15, 0.2) is 121 Å². The van der Waals surface area contributed by atoms with Crippen molar-refractivity contribution in [2.24, 2.45) is 0 Å². The molecule has 0 aliphatic carbocycles. The fourth-order valence-corrected chi connectivity index (χ4v) is 6.66. The molecule has 0 heterocycles. The molecule has 13 heteroatoms. The van der Waals surface area contributed by atoms with Crippen molar-refractivity contribution in [3.05, 3.63) is 144 Å². The van der Waals surface area contributed by atoms with Crippen LogP contribution in [0.1, 0.15) is 22.3 Å². The molecule has 236 valence electrons. The lowest BCUT2D eigenvalue weighted by Gasteiger charge is -2.42. The summed E-state index contributed by atoms with van der Waals surface area (Å²) in [5.74, 6) is -2.91. The van der Waals surface area contributed by atoms with Gasteiger partial charge in [0.2, 0.25) is 10.1 Å². The highest BCUT2D eigenvalue weighted by Gasteiger charge is 2.67. The summed E-state index contributed by atoms with van der Waals surface area (Å²) in [4.78, 5) is 28.8. The molecule has 0 aliphatic rings. The topological polar surface area (TPSA) is 80.3 Å². The minimum Gasteiger partial charge on any atom is -0.388 e. The van der Waals surface area contributed by atoms with Crippen molar-refractivity contribution in [1.29, 1.82) is 0 Å². The Morgan fingerprint density at radius 2 is 0.756 bits per heavy atom. The smallest absolute Gasteiger partial charge is 0.357 e. The lowest BCUT2D eigenvalue weighted by molar-refractivity contribution is -0.197. The van der Waals surface area contributed by atoms with E-state index in [4.69, 9.17) is 92.6 Å². The Hall–Kier alpha value is -2.40. The number of halogens is 6. The molecule has 0 radical (unpaired) electrons. The summed E-state index contributed by atoms with van der Waals surface area (Å²) in [6, 6.07) is 32.8. The van der Waals surface area contributed by atoms with E-state index < -0.39 is 33.3 Å². The van der Waals surface area contributed by atoms with E-state index in [9.17, 15) is 9.59 Å². The lowest BCUT2D eigenvalue weighted by atomic mass is 9.83. The van der Waals surface area contributed by atoms with Crippen LogP contribution in [0, 0.1) is 0 Å². The highest BCUT2D eigenvalue weighted by molar-refractivity contribution is 6.30. The number of ether oxygens (including phenoxy) is 1. The molecule has 0 aromatic heterocycles. The summed E-state index contributed by atoms with van der Waals surface area (Å²) in [7, 11) is 0. The molecular formula is C32H24Cl6O7. The molecule has 0 aliphatic heterocycles. The van der Waals surface area contributed by atoms with Gasteiger partial charge in [0.1, 0.15) is 0 Å². The fraction of sp³-hybridized carbons (Fsp3) is 0.188. The largest absolute Gasteiger partial charge is 0.388 e. The molecule has 0 saturated heterocycles. The van der Waals surface area contributed by atoms with Gasteiger partial charge in [0.25, 0.3) is 11.2 Å². The minimum absolute atomic E-state index is 0.0245. The van der Waals surface area contributed by atoms with E-state index in [1.807, 2.05) is 0 Å². The van der Waals surface area contributed by atoms with Crippen molar-refractivity contribution < 1.29 is 31.5 Å². The molecule has 45 heavy (non-hydrogen) atoms. The number of rotatable bonds is 14. The first-order valence-corrected chi connectivity index (χ1v) is 15.2. The number of esters is 2. The molecule has 4 rings (SSSR count). The number of hydrogen-bond acceptors (Lipinski definition) is 7. The Bertz CT molecular complexity index is 1440. The van der Waals surface area contributed by atoms with Crippen LogP contribution in [0.5, 0.6) is 0 Å². The summed E-state index contributed by atoms with van der Waals surface area (Å²) in [5.41, 5.74) is -3.98. The standard InChI is InChI=1S/C32H24Cl6O7/c33-29(42-35,21-23-13-5-1-6-14-23)31(44-37,25-17-9-3-10-18-25)27(39)41-28(40)32(45-38,26-19-11-4-12-20-26)30(34,43-36)22-24-15-7-2-8-16-24/h1-20H,21-22H2. The predicted molar refractivity (Wildman–Crippen MR) is 173 cm³/mol. The SMILES string of the molecule is O=C(OC(=O)C(OCl)(c1ccccc1)C(Cl)(Cc1ccccc1)OCl)C(OCl)(c1ccccc1)C(Cl)(Cc1ccccc1)OCl. The Morgan fingerprint density at radius 3 is 1.02 bits per heavy atom. The van der Waals surface area contributed by atoms with Crippen LogP contribution in [0.3, 0.4) is 0 Å². The van der Waals surface area contributed by atoms with Gasteiger partial charge in [-0.15, -0.1) is 0 Å². The quantitative estimate of drug-likeness (QED) is 0.0728. The highest BCUT2D eigenvalue weighted by atomic mass is 35.5. The third-order valence-electron chi connectivity index (χ3n) is 7.20. The van der Waals surface area contributed by atoms with E-state index in [0.29, 0.717) is 11.1 Å². The van der Waals surface area contributed by atoms with Crippen molar-refractivity contribution in [3.8, 4) is 0 Å². The van der Waals surface area contributed by atoms with Gasteiger partial charge in [-0.05, 0) is 11.1 Å². The monoisotopic (exact) mass is 730 g/mol. The number of carbonyl (C=O) groups is 2. The maximum Gasteiger partial charge on any atom is 0.357 e. The van der Waals surface area contributed by atoms with Crippen molar-refractivity contribution in [2.75, 3.05) is 0 Å². The zero-order chi connectivity index (χ0) is 32.6. The predicted octanol–water partition coefficient (Wildman–Crippen LogP) is 8.88. The van der Waals surface area contributed by atoms with E-state index in [-0.39, 0.29) is 24.0 Å². The van der Waals surface area contributed by atoms with E-state index in [0.717, 1.165) is 0 Å². The second-order valence-electron chi connectivity index (χ2n) is 9.86. The van der Waals surface area contributed by atoms with Crippen molar-refractivity contribution in [3.63, 3.8) is 0 Å². The fourth-order valence-electron chi connectivity index (χ4n) is 4.94. The molecule has 4 atom stereocenters. The number of hydrogen-bond donors (Lipinski definition) is 0. The van der Waals surface area contributed by atoms with Crippen LogP contribution >= 0.6 is 70.7 Å². The van der Waals surface area contributed by atoms with Crippen LogP contribution in [-0.2, 0) is 55.5 Å². The lowest BCUT2D eigenvalue weighted by Crippen LogP contribution is -2.60. The van der Waals surface area contributed by atoms with Gasteiger partial charge in [-0.25, -0.2) is 9.59 Å². The Balaban J connectivity index is 1.87. The molecule has 0 spiro atoms. The summed E-state index contributed by atoms with van der Waals surface area (Å²) < 4.78 is 26.5. The van der Waals surface area contributed by atoms with E-state index in [2.05, 4.69) is 0 Å². The Kier molecular flexibility index (Phi) is 12.2. The maximum absolute atomic E-state index is 14.4. The van der Waals surface area contributed by atoms with Gasteiger partial charge < -0.3 is 4.74 Å². The van der Waals surface area contributed by atoms with Gasteiger partial charge in [-0.1, -0.05) is 145 Å². The van der Waals surface area contributed by atoms with E-state index in [1.54, 1.807) is 97.1 Å². The molecule has 7 nitrogen and oxygen atoms in total. The number of carbonyl (C=O) groups excluding carboxylic acids is 2. The first kappa shape index (κ1) is 35.5. The second-order valence-corrected chi connectivity index (χ2v) is 11.7. The zero-order valence-electron chi connectivity index (χ0n) is 23.1. The Labute approximate surface area is 290 Å². The minimum atomic E-state index is -2.59. The molecule has 0 N–H and O–H groups in total. The molecule has 4 aromatic rings. The van der Waals surface area contributed by atoms with Crippen molar-refractivity contribution in [2.45, 2.75) is 34.2 Å². The van der Waals surface area contributed by atoms with Crippen LogP contribution in [0.25, 0.3) is 0 Å². The van der Waals surface area contributed by atoms with Crippen molar-refractivity contribution >= 4 is 82.6 Å². The summed E-state index contributed by atoms with van der Waals surface area (Å²) in [5, 5.41) is -4.61. The molecule has 0 amide bonds. The molecular weight excluding hydrogens is 709 g/mol. The molecule has 0 saturated carbocycles. The van der Waals surface area contributed by atoms with Gasteiger partial charge in [0.05, 0.1) is 47.5 Å². The molecule has 0 bridgehead atoms. The zero-order valence-corrected chi connectivity index (χ0v) is 27.6. The second kappa shape index (κ2) is 15.5. The van der Waals surface area contributed by atoms with Gasteiger partial charge in [0.15, 0.2) is 0 Å². The number of alkyl halides is 2.